The predicted octanol–water partition coefficient (Wildman–Crippen LogP) is 1.02. The van der Waals surface area contributed by atoms with Crippen LogP contribution in [-0.4, -0.2) is 19.3 Å². The van der Waals surface area contributed by atoms with Gasteiger partial charge in [-0.05, 0) is 13.3 Å². The summed E-state index contributed by atoms with van der Waals surface area (Å²) < 4.78 is 2.83. The van der Waals surface area contributed by atoms with Crippen LogP contribution in [0.5, 0.6) is 0 Å². The quantitative estimate of drug-likeness (QED) is 0.910. The van der Waals surface area contributed by atoms with Gasteiger partial charge in [-0.25, -0.2) is 4.79 Å². The fourth-order valence-corrected chi connectivity index (χ4v) is 2.25. The molecule has 0 unspecified atom stereocenters. The zero-order valence-electron chi connectivity index (χ0n) is 10.8. The number of nitrogens with zero attached hydrogens (tertiary/aromatic N) is 3. The maximum Gasteiger partial charge on any atom is 0.328 e. The number of aromatic nitrogens is 4. The van der Waals surface area contributed by atoms with E-state index in [1.54, 1.807) is 4.68 Å². The minimum absolute atomic E-state index is 0.120. The smallest absolute Gasteiger partial charge is 0.314 e. The molecule has 0 aliphatic carbocycles. The van der Waals surface area contributed by atoms with Crippen LogP contribution in [0.15, 0.2) is 21.9 Å². The highest BCUT2D eigenvalue weighted by molar-refractivity contribution is 6.31. The zero-order valence-corrected chi connectivity index (χ0v) is 11.6. The molecule has 0 fully saturated rings. The van der Waals surface area contributed by atoms with Crippen molar-refractivity contribution in [2.24, 2.45) is 0 Å². The SMILES string of the molecule is CCc1nn(CC)c(Cn2c(=O)cc[nH]c2=O)c1Cl. The summed E-state index contributed by atoms with van der Waals surface area (Å²) in [5, 5.41) is 4.89. The van der Waals surface area contributed by atoms with Gasteiger partial charge in [-0.1, -0.05) is 18.5 Å². The lowest BCUT2D eigenvalue weighted by atomic mass is 10.3. The van der Waals surface area contributed by atoms with E-state index in [2.05, 4.69) is 10.1 Å². The third-order valence-corrected chi connectivity index (χ3v) is 3.38. The van der Waals surface area contributed by atoms with E-state index in [0.717, 1.165) is 10.3 Å². The maximum atomic E-state index is 11.7. The molecule has 0 saturated heterocycles. The first-order valence-electron chi connectivity index (χ1n) is 6.11. The summed E-state index contributed by atoms with van der Waals surface area (Å²) in [6.07, 6.45) is 2.04. The third kappa shape index (κ3) is 2.49. The molecule has 0 aromatic carbocycles. The molecule has 6 nitrogen and oxygen atoms in total. The number of hydrogen-bond acceptors (Lipinski definition) is 3. The molecule has 2 aromatic rings. The van der Waals surface area contributed by atoms with Crippen molar-refractivity contribution in [1.29, 1.82) is 0 Å². The van der Waals surface area contributed by atoms with Crippen molar-refractivity contribution in [3.05, 3.63) is 49.5 Å². The van der Waals surface area contributed by atoms with E-state index in [9.17, 15) is 9.59 Å². The van der Waals surface area contributed by atoms with Crippen LogP contribution in [-0.2, 0) is 19.5 Å². The number of rotatable bonds is 4. The minimum Gasteiger partial charge on any atom is -0.314 e. The van der Waals surface area contributed by atoms with Crippen molar-refractivity contribution in [2.75, 3.05) is 0 Å². The van der Waals surface area contributed by atoms with Gasteiger partial charge < -0.3 is 4.98 Å². The van der Waals surface area contributed by atoms with E-state index < -0.39 is 5.69 Å². The van der Waals surface area contributed by atoms with E-state index in [0.29, 0.717) is 23.7 Å². The first-order valence-corrected chi connectivity index (χ1v) is 6.48. The Balaban J connectivity index is 2.52. The summed E-state index contributed by atoms with van der Waals surface area (Å²) in [4.78, 5) is 25.8. The highest BCUT2D eigenvalue weighted by atomic mass is 35.5. The number of halogens is 1. The number of H-pyrrole nitrogens is 1. The summed E-state index contributed by atoms with van der Waals surface area (Å²) in [6.45, 7) is 4.65. The van der Waals surface area contributed by atoms with Crippen LogP contribution in [0.25, 0.3) is 0 Å². The molecule has 1 N–H and O–H groups in total. The van der Waals surface area contributed by atoms with Gasteiger partial charge in [0.25, 0.3) is 5.56 Å². The standard InChI is InChI=1S/C12H15ClN4O2/c1-3-8-11(13)9(17(4-2)15-8)7-16-10(18)5-6-14-12(16)19/h5-6H,3-4,7H2,1-2H3,(H,14,19). The van der Waals surface area contributed by atoms with Gasteiger partial charge in [0.1, 0.15) is 0 Å². The van der Waals surface area contributed by atoms with Gasteiger partial charge in [-0.15, -0.1) is 0 Å². The average molecular weight is 283 g/mol. The van der Waals surface area contributed by atoms with Crippen LogP contribution in [0.4, 0.5) is 0 Å². The third-order valence-electron chi connectivity index (χ3n) is 2.95. The topological polar surface area (TPSA) is 72.7 Å². The fraction of sp³-hybridized carbons (Fsp3) is 0.417. The minimum atomic E-state index is -0.453. The van der Waals surface area contributed by atoms with Crippen LogP contribution in [0.1, 0.15) is 25.2 Å². The van der Waals surface area contributed by atoms with Crippen LogP contribution in [0.2, 0.25) is 5.02 Å². The molecule has 0 atom stereocenters. The lowest BCUT2D eigenvalue weighted by Gasteiger charge is -2.06. The van der Waals surface area contributed by atoms with E-state index in [4.69, 9.17) is 11.6 Å². The van der Waals surface area contributed by atoms with E-state index >= 15 is 0 Å². The number of hydrogen-bond donors (Lipinski definition) is 1. The Morgan fingerprint density at radius 2 is 2.11 bits per heavy atom. The number of nitrogens with one attached hydrogen (secondary N) is 1. The molecule has 7 heteroatoms. The molecular weight excluding hydrogens is 268 g/mol. The molecule has 0 spiro atoms. The van der Waals surface area contributed by atoms with Gasteiger partial charge in [0.2, 0.25) is 0 Å². The molecule has 0 saturated carbocycles. The molecule has 2 aromatic heterocycles. The molecule has 0 aliphatic rings. The zero-order chi connectivity index (χ0) is 14.0. The van der Waals surface area contributed by atoms with Crippen molar-refractivity contribution < 1.29 is 0 Å². The van der Waals surface area contributed by atoms with Crippen molar-refractivity contribution in [1.82, 2.24) is 19.3 Å². The second-order valence-corrected chi connectivity index (χ2v) is 4.46. The maximum absolute atomic E-state index is 11.7. The Kier molecular flexibility index (Phi) is 3.90. The van der Waals surface area contributed by atoms with Crippen LogP contribution in [0.3, 0.4) is 0 Å². The predicted molar refractivity (Wildman–Crippen MR) is 72.7 cm³/mol. The van der Waals surface area contributed by atoms with Gasteiger partial charge in [-0.3, -0.25) is 14.0 Å². The highest BCUT2D eigenvalue weighted by Crippen LogP contribution is 2.21. The Labute approximate surface area is 114 Å². The summed E-state index contributed by atoms with van der Waals surface area (Å²) in [5.74, 6) is 0. The molecule has 0 bridgehead atoms. The van der Waals surface area contributed by atoms with Crippen LogP contribution in [0, 0.1) is 0 Å². The molecule has 2 heterocycles. The van der Waals surface area contributed by atoms with Crippen molar-refractivity contribution in [2.45, 2.75) is 33.4 Å². The molecular formula is C12H15ClN4O2. The normalized spacial score (nSPS) is 10.9. The van der Waals surface area contributed by atoms with Gasteiger partial charge >= 0.3 is 5.69 Å². The number of aromatic amines is 1. The summed E-state index contributed by atoms with van der Waals surface area (Å²) >= 11 is 6.25. The van der Waals surface area contributed by atoms with E-state index in [1.807, 2.05) is 13.8 Å². The van der Waals surface area contributed by atoms with Crippen molar-refractivity contribution >= 4 is 11.6 Å². The van der Waals surface area contributed by atoms with E-state index in [-0.39, 0.29) is 12.1 Å². The molecule has 0 amide bonds. The molecule has 2 rings (SSSR count). The van der Waals surface area contributed by atoms with E-state index in [1.165, 1.54) is 12.3 Å². The fourth-order valence-electron chi connectivity index (χ4n) is 1.92. The molecule has 0 aliphatic heterocycles. The van der Waals surface area contributed by atoms with Crippen molar-refractivity contribution in [3.8, 4) is 0 Å². The molecule has 19 heavy (non-hydrogen) atoms. The van der Waals surface area contributed by atoms with Gasteiger partial charge in [-0.2, -0.15) is 5.10 Å². The highest BCUT2D eigenvalue weighted by Gasteiger charge is 2.15. The number of aryl methyl sites for hydroxylation is 2. The summed E-state index contributed by atoms with van der Waals surface area (Å²) in [6, 6.07) is 1.31. The Hall–Kier alpha value is -1.82. The first kappa shape index (κ1) is 13.6. The first-order chi connectivity index (χ1) is 9.08. The van der Waals surface area contributed by atoms with Gasteiger partial charge in [0.15, 0.2) is 0 Å². The monoisotopic (exact) mass is 282 g/mol. The van der Waals surface area contributed by atoms with Crippen molar-refractivity contribution in [3.63, 3.8) is 0 Å². The second-order valence-electron chi connectivity index (χ2n) is 4.08. The lowest BCUT2D eigenvalue weighted by molar-refractivity contribution is 0.579. The Morgan fingerprint density at radius 1 is 1.37 bits per heavy atom. The largest absolute Gasteiger partial charge is 0.328 e. The van der Waals surface area contributed by atoms with Crippen LogP contribution >= 0.6 is 11.6 Å². The average Bonchev–Trinajstić information content (AvgIpc) is 2.70. The Bertz CT molecular complexity index is 670. The molecule has 102 valence electrons. The van der Waals surface area contributed by atoms with Crippen LogP contribution < -0.4 is 11.2 Å². The summed E-state index contributed by atoms with van der Waals surface area (Å²) in [7, 11) is 0. The van der Waals surface area contributed by atoms with Gasteiger partial charge in [0.05, 0.1) is 23.0 Å². The lowest BCUT2D eigenvalue weighted by Crippen LogP contribution is -2.34. The van der Waals surface area contributed by atoms with Gasteiger partial charge in [0, 0.05) is 18.8 Å². The second kappa shape index (κ2) is 5.44. The summed E-state index contributed by atoms with van der Waals surface area (Å²) in [5.41, 5.74) is 0.644. The molecule has 0 radical (unpaired) electrons. The Morgan fingerprint density at radius 3 is 2.68 bits per heavy atom.